The normalized spacial score (nSPS) is 15.6. The number of nitrogens with zero attached hydrogens (tertiary/aromatic N) is 4. The molecule has 1 fully saturated rings. The first-order valence-corrected chi connectivity index (χ1v) is 10.3. The molecule has 2 aliphatic rings. The van der Waals surface area contributed by atoms with Gasteiger partial charge in [0, 0.05) is 26.1 Å². The standard InChI is InChI=1S/C19H24N4O3S/c1-3-23-18(14-5-6-14)20-21-19(23)27-12-17(24)22(2)11-13-4-7-15-16(10-13)26-9-8-25-15/h4,7,10,14H,3,5-6,8-9,11-12H2,1-2H3. The molecule has 0 saturated heterocycles. The van der Waals surface area contributed by atoms with Gasteiger partial charge < -0.3 is 18.9 Å². The molecule has 1 aromatic heterocycles. The van der Waals surface area contributed by atoms with E-state index in [1.54, 1.807) is 4.90 Å². The molecular formula is C19H24N4O3S. The van der Waals surface area contributed by atoms with Crippen LogP contribution in [0.5, 0.6) is 11.5 Å². The molecule has 1 aromatic carbocycles. The highest BCUT2D eigenvalue weighted by molar-refractivity contribution is 7.99. The van der Waals surface area contributed by atoms with Gasteiger partial charge in [-0.2, -0.15) is 0 Å². The molecule has 0 radical (unpaired) electrons. The van der Waals surface area contributed by atoms with Gasteiger partial charge >= 0.3 is 0 Å². The number of ether oxygens (including phenoxy) is 2. The van der Waals surface area contributed by atoms with E-state index in [4.69, 9.17) is 9.47 Å². The van der Waals surface area contributed by atoms with Gasteiger partial charge in [0.2, 0.25) is 5.91 Å². The van der Waals surface area contributed by atoms with Crippen molar-refractivity contribution in [2.45, 2.75) is 43.9 Å². The van der Waals surface area contributed by atoms with Gasteiger partial charge in [-0.05, 0) is 37.5 Å². The second-order valence-corrected chi connectivity index (χ2v) is 7.82. The maximum atomic E-state index is 12.6. The molecule has 1 saturated carbocycles. The number of amides is 1. The summed E-state index contributed by atoms with van der Waals surface area (Å²) in [5, 5.41) is 9.44. The number of carbonyl (C=O) groups is 1. The summed E-state index contributed by atoms with van der Waals surface area (Å²) >= 11 is 1.46. The van der Waals surface area contributed by atoms with Crippen molar-refractivity contribution in [3.05, 3.63) is 29.6 Å². The minimum absolute atomic E-state index is 0.0634. The van der Waals surface area contributed by atoms with Gasteiger partial charge in [-0.15, -0.1) is 10.2 Å². The Bertz CT molecular complexity index is 834. The molecule has 0 unspecified atom stereocenters. The Labute approximate surface area is 163 Å². The first kappa shape index (κ1) is 18.2. The molecule has 1 amide bonds. The van der Waals surface area contributed by atoms with Gasteiger partial charge in [0.1, 0.15) is 19.0 Å². The van der Waals surface area contributed by atoms with Crippen LogP contribution in [0.2, 0.25) is 0 Å². The summed E-state index contributed by atoms with van der Waals surface area (Å²) < 4.78 is 13.3. The number of aromatic nitrogens is 3. The summed E-state index contributed by atoms with van der Waals surface area (Å²) in [7, 11) is 1.82. The molecule has 4 rings (SSSR count). The topological polar surface area (TPSA) is 69.5 Å². The van der Waals surface area contributed by atoms with E-state index in [-0.39, 0.29) is 5.91 Å². The van der Waals surface area contributed by atoms with E-state index in [1.807, 2.05) is 25.2 Å². The lowest BCUT2D eigenvalue weighted by Crippen LogP contribution is -2.28. The number of thioether (sulfide) groups is 1. The molecule has 1 aliphatic heterocycles. The van der Waals surface area contributed by atoms with Crippen molar-refractivity contribution < 1.29 is 14.3 Å². The highest BCUT2D eigenvalue weighted by Crippen LogP contribution is 2.40. The third kappa shape index (κ3) is 4.05. The fraction of sp³-hybridized carbons (Fsp3) is 0.526. The minimum Gasteiger partial charge on any atom is -0.486 e. The van der Waals surface area contributed by atoms with Crippen LogP contribution in [0.1, 0.15) is 37.1 Å². The van der Waals surface area contributed by atoms with Crippen molar-refractivity contribution in [2.75, 3.05) is 26.0 Å². The summed E-state index contributed by atoms with van der Waals surface area (Å²) in [6.07, 6.45) is 2.39. The van der Waals surface area contributed by atoms with Gasteiger partial charge in [-0.25, -0.2) is 0 Å². The minimum atomic E-state index is 0.0634. The average Bonchev–Trinajstić information content (AvgIpc) is 3.45. The van der Waals surface area contributed by atoms with Crippen LogP contribution in [-0.2, 0) is 17.9 Å². The quantitative estimate of drug-likeness (QED) is 0.680. The van der Waals surface area contributed by atoms with Crippen LogP contribution in [0.3, 0.4) is 0 Å². The Morgan fingerprint density at radius 3 is 2.78 bits per heavy atom. The van der Waals surface area contributed by atoms with E-state index in [0.717, 1.165) is 34.6 Å². The first-order valence-electron chi connectivity index (χ1n) is 9.34. The molecule has 27 heavy (non-hydrogen) atoms. The van der Waals surface area contributed by atoms with Gasteiger partial charge in [0.25, 0.3) is 0 Å². The maximum Gasteiger partial charge on any atom is 0.233 e. The Morgan fingerprint density at radius 2 is 2.04 bits per heavy atom. The van der Waals surface area contributed by atoms with E-state index >= 15 is 0 Å². The number of rotatable bonds is 7. The number of hydrogen-bond acceptors (Lipinski definition) is 6. The van der Waals surface area contributed by atoms with Crippen molar-refractivity contribution in [1.29, 1.82) is 0 Å². The number of hydrogen-bond donors (Lipinski definition) is 0. The van der Waals surface area contributed by atoms with Crippen LogP contribution < -0.4 is 9.47 Å². The van der Waals surface area contributed by atoms with Gasteiger partial charge in [-0.3, -0.25) is 4.79 Å². The highest BCUT2D eigenvalue weighted by Gasteiger charge is 2.30. The lowest BCUT2D eigenvalue weighted by molar-refractivity contribution is -0.127. The first-order chi connectivity index (χ1) is 13.2. The van der Waals surface area contributed by atoms with Crippen LogP contribution in [0.15, 0.2) is 23.4 Å². The van der Waals surface area contributed by atoms with Crippen molar-refractivity contribution in [3.63, 3.8) is 0 Å². The molecule has 8 heteroatoms. The SMILES string of the molecule is CCn1c(SCC(=O)N(C)Cc2ccc3c(c2)OCCO3)nnc1C1CC1. The zero-order valence-electron chi connectivity index (χ0n) is 15.7. The summed E-state index contributed by atoms with van der Waals surface area (Å²) in [6.45, 7) is 4.59. The molecule has 2 heterocycles. The second-order valence-electron chi connectivity index (χ2n) is 6.88. The molecule has 0 N–H and O–H groups in total. The number of fused-ring (bicyclic) bond motifs is 1. The van der Waals surface area contributed by atoms with Crippen LogP contribution in [0, 0.1) is 0 Å². The fourth-order valence-corrected chi connectivity index (χ4v) is 4.08. The zero-order chi connectivity index (χ0) is 18.8. The van der Waals surface area contributed by atoms with Gasteiger partial charge in [0.15, 0.2) is 16.7 Å². The van der Waals surface area contributed by atoms with E-state index in [1.165, 1.54) is 24.6 Å². The van der Waals surface area contributed by atoms with Crippen LogP contribution >= 0.6 is 11.8 Å². The van der Waals surface area contributed by atoms with Crippen molar-refractivity contribution in [1.82, 2.24) is 19.7 Å². The largest absolute Gasteiger partial charge is 0.486 e. The van der Waals surface area contributed by atoms with Crippen molar-refractivity contribution >= 4 is 17.7 Å². The van der Waals surface area contributed by atoms with Crippen LogP contribution in [0.25, 0.3) is 0 Å². The molecule has 7 nitrogen and oxygen atoms in total. The monoisotopic (exact) mass is 388 g/mol. The summed E-state index contributed by atoms with van der Waals surface area (Å²) in [5.74, 6) is 3.55. The predicted molar refractivity (Wildman–Crippen MR) is 102 cm³/mol. The number of benzene rings is 1. The molecule has 2 aromatic rings. The van der Waals surface area contributed by atoms with E-state index in [9.17, 15) is 4.79 Å². The lowest BCUT2D eigenvalue weighted by atomic mass is 10.2. The molecular weight excluding hydrogens is 364 g/mol. The molecule has 1 aliphatic carbocycles. The predicted octanol–water partition coefficient (Wildman–Crippen LogP) is 2.70. The van der Waals surface area contributed by atoms with E-state index in [2.05, 4.69) is 21.7 Å². The van der Waals surface area contributed by atoms with Gasteiger partial charge in [0.05, 0.1) is 5.75 Å². The molecule has 0 bridgehead atoms. The summed E-state index contributed by atoms with van der Waals surface area (Å²) in [6, 6.07) is 5.82. The van der Waals surface area contributed by atoms with Crippen LogP contribution in [-0.4, -0.2) is 51.6 Å². The molecule has 0 spiro atoms. The third-order valence-corrected chi connectivity index (χ3v) is 5.73. The van der Waals surface area contributed by atoms with Crippen molar-refractivity contribution in [2.24, 2.45) is 0 Å². The second kappa shape index (κ2) is 7.80. The highest BCUT2D eigenvalue weighted by atomic mass is 32.2. The Morgan fingerprint density at radius 1 is 1.26 bits per heavy atom. The third-order valence-electron chi connectivity index (χ3n) is 4.78. The Kier molecular flexibility index (Phi) is 5.24. The number of carbonyl (C=O) groups excluding carboxylic acids is 1. The summed E-state index contributed by atoms with van der Waals surface area (Å²) in [5.41, 5.74) is 1.02. The molecule has 144 valence electrons. The lowest BCUT2D eigenvalue weighted by Gasteiger charge is -2.21. The molecule has 0 atom stereocenters. The van der Waals surface area contributed by atoms with Crippen molar-refractivity contribution in [3.8, 4) is 11.5 Å². The van der Waals surface area contributed by atoms with E-state index < -0.39 is 0 Å². The Balaban J connectivity index is 1.34. The summed E-state index contributed by atoms with van der Waals surface area (Å²) in [4.78, 5) is 14.3. The smallest absolute Gasteiger partial charge is 0.233 e. The maximum absolute atomic E-state index is 12.6. The zero-order valence-corrected chi connectivity index (χ0v) is 16.5. The Hall–Kier alpha value is -2.22. The van der Waals surface area contributed by atoms with E-state index in [0.29, 0.717) is 31.4 Å². The van der Waals surface area contributed by atoms with Crippen LogP contribution in [0.4, 0.5) is 0 Å². The average molecular weight is 388 g/mol. The fourth-order valence-electron chi connectivity index (χ4n) is 3.13. The van der Waals surface area contributed by atoms with Gasteiger partial charge in [-0.1, -0.05) is 17.8 Å².